The predicted octanol–water partition coefficient (Wildman–Crippen LogP) is 4.60. The third kappa shape index (κ3) is 5.56. The topological polar surface area (TPSA) is 139 Å². The van der Waals surface area contributed by atoms with E-state index in [-0.39, 0.29) is 17.2 Å². The van der Waals surface area contributed by atoms with Crippen LogP contribution in [0.5, 0.6) is 5.75 Å². The average molecular weight is 518 g/mol. The van der Waals surface area contributed by atoms with Gasteiger partial charge in [-0.15, -0.1) is 0 Å². The first-order valence-electron chi connectivity index (χ1n) is 10.8. The quantitative estimate of drug-likeness (QED) is 0.281. The Bertz CT molecular complexity index is 1340. The molecule has 0 radical (unpaired) electrons. The highest BCUT2D eigenvalue weighted by Gasteiger charge is 2.42. The van der Waals surface area contributed by atoms with Gasteiger partial charge < -0.3 is 15.7 Å². The lowest BCUT2D eigenvalue weighted by atomic mass is 9.92. The van der Waals surface area contributed by atoms with Crippen LogP contribution in [0.3, 0.4) is 0 Å². The molecule has 0 aromatic heterocycles. The minimum atomic E-state index is -4.20. The Morgan fingerprint density at radius 2 is 1.83 bits per heavy atom. The smallest absolute Gasteiger partial charge is 0.342 e. The Morgan fingerprint density at radius 1 is 1.14 bits per heavy atom. The highest BCUT2D eigenvalue weighted by Crippen LogP contribution is 2.41. The Morgan fingerprint density at radius 3 is 2.46 bits per heavy atom. The third-order valence-corrected chi connectivity index (χ3v) is 8.96. The maximum Gasteiger partial charge on any atom is 0.342 e. The van der Waals surface area contributed by atoms with Gasteiger partial charge >= 0.3 is 7.68 Å². The van der Waals surface area contributed by atoms with Gasteiger partial charge in [-0.2, -0.15) is 0 Å². The monoisotopic (exact) mass is 517 g/mol. The Balaban J connectivity index is 1.90. The van der Waals surface area contributed by atoms with Gasteiger partial charge in [0.25, 0.3) is 10.0 Å². The van der Waals surface area contributed by atoms with Crippen LogP contribution in [0.25, 0.3) is 0 Å². The molecule has 1 aliphatic carbocycles. The second-order valence-corrected chi connectivity index (χ2v) is 11.8. The van der Waals surface area contributed by atoms with Crippen molar-refractivity contribution in [2.75, 3.05) is 10.9 Å². The molecule has 0 aliphatic heterocycles. The highest BCUT2D eigenvalue weighted by atomic mass is 32.2. The Labute approximate surface area is 205 Å². The Hall–Kier alpha value is -3.20. The van der Waals surface area contributed by atoms with E-state index >= 15 is 0 Å². The number of benzene rings is 2. The first-order valence-corrected chi connectivity index (χ1v) is 13.5. The number of nitrogens with two attached hydrogens (primary N) is 1. The number of allylic oxidation sites excluding steroid dienone is 1. The van der Waals surface area contributed by atoms with E-state index in [1.807, 2.05) is 13.0 Å². The molecule has 0 bridgehead atoms. The summed E-state index contributed by atoms with van der Waals surface area (Å²) in [7, 11) is -7.36. The van der Waals surface area contributed by atoms with Crippen LogP contribution >= 0.6 is 7.68 Å². The number of oxime groups is 1. The molecule has 3 rings (SSSR count). The molecule has 1 unspecified atom stereocenters. The number of ether oxygens (including phenoxy) is 1. The van der Waals surface area contributed by atoms with Crippen LogP contribution in [0.1, 0.15) is 27.2 Å². The molecule has 2 aromatic rings. The van der Waals surface area contributed by atoms with Crippen molar-refractivity contribution in [2.45, 2.75) is 43.4 Å². The molecule has 0 fully saturated rings. The second kappa shape index (κ2) is 10.6. The van der Waals surface area contributed by atoms with Gasteiger partial charge in [0, 0.05) is 12.5 Å². The van der Waals surface area contributed by atoms with Crippen molar-refractivity contribution in [1.29, 1.82) is 0 Å². The molecule has 1 atom stereocenters. The molecule has 0 saturated heterocycles. The van der Waals surface area contributed by atoms with E-state index in [2.05, 4.69) is 5.16 Å². The number of hydrogen-bond donors (Lipinski definition) is 2. The fourth-order valence-corrected chi connectivity index (χ4v) is 6.24. The number of hydrogen-bond acceptors (Lipinski definition) is 8. The van der Waals surface area contributed by atoms with E-state index in [9.17, 15) is 22.8 Å². The lowest BCUT2D eigenvalue weighted by molar-refractivity contribution is 0.316. The summed E-state index contributed by atoms with van der Waals surface area (Å²) in [5.74, 6) is 0.374. The van der Waals surface area contributed by atoms with Gasteiger partial charge in [-0.25, -0.2) is 21.9 Å². The predicted molar refractivity (Wildman–Crippen MR) is 134 cm³/mol. The molecule has 11 heteroatoms. The summed E-state index contributed by atoms with van der Waals surface area (Å²) in [5, 5.41) is 10.7. The maximum atomic E-state index is 13.5. The summed E-state index contributed by atoms with van der Waals surface area (Å²) >= 11 is 0. The maximum absolute atomic E-state index is 13.5. The van der Waals surface area contributed by atoms with E-state index in [1.165, 1.54) is 38.1 Å². The van der Waals surface area contributed by atoms with Gasteiger partial charge in [0.2, 0.25) is 0 Å². The van der Waals surface area contributed by atoms with Gasteiger partial charge in [0.15, 0.2) is 5.28 Å². The van der Waals surface area contributed by atoms with Gasteiger partial charge in [-0.3, -0.25) is 0 Å². The van der Waals surface area contributed by atoms with Crippen LogP contribution in [-0.4, -0.2) is 37.3 Å². The standard InChI is InChI=1S/C24H28N3O6PS/c1-17-18(12-13-22(25)23(17)26-28)14-15-33-20-9-7-8-19(16-20)27(24(2,3)34(29)30)35(31,32)21-10-5-4-6-11-21/h4-13,16,22,28H,14-15,25H2,1-3H3. The number of nitrogens with zero attached hydrogens (tertiary/aromatic N) is 2. The molecule has 2 aromatic carbocycles. The molecular weight excluding hydrogens is 489 g/mol. The molecule has 0 saturated carbocycles. The lowest BCUT2D eigenvalue weighted by Crippen LogP contribution is -2.44. The van der Waals surface area contributed by atoms with E-state index in [1.54, 1.807) is 36.4 Å². The van der Waals surface area contributed by atoms with Crippen molar-refractivity contribution in [3.05, 3.63) is 77.9 Å². The van der Waals surface area contributed by atoms with Crippen LogP contribution in [0.15, 0.2) is 87.9 Å². The average Bonchev–Trinajstić information content (AvgIpc) is 2.81. The molecule has 0 amide bonds. The second-order valence-electron chi connectivity index (χ2n) is 8.45. The number of rotatable bonds is 9. The van der Waals surface area contributed by atoms with Gasteiger partial charge in [0.1, 0.15) is 11.5 Å². The van der Waals surface area contributed by atoms with Crippen molar-refractivity contribution in [2.24, 2.45) is 10.9 Å². The summed E-state index contributed by atoms with van der Waals surface area (Å²) in [6.45, 7) is 4.73. The molecule has 0 spiro atoms. The summed E-state index contributed by atoms with van der Waals surface area (Å²) in [5.41, 5.74) is 8.11. The minimum Gasteiger partial charge on any atom is -0.493 e. The van der Waals surface area contributed by atoms with E-state index in [0.29, 0.717) is 17.9 Å². The van der Waals surface area contributed by atoms with Crippen LogP contribution in [0.4, 0.5) is 5.69 Å². The fraction of sp³-hybridized carbons (Fsp3) is 0.292. The zero-order chi connectivity index (χ0) is 25.8. The highest BCUT2D eigenvalue weighted by molar-refractivity contribution is 7.93. The summed E-state index contributed by atoms with van der Waals surface area (Å²) in [6, 6.07) is 13.5. The SMILES string of the molecule is CC1=C(CCOc2cccc(N(C(C)(C)P(=O)=O)S(=O)(=O)c3ccccc3)c2)C=CC(N)C1=NO. The fourth-order valence-electron chi connectivity index (χ4n) is 3.76. The number of sulfonamides is 1. The molecule has 186 valence electrons. The van der Waals surface area contributed by atoms with Crippen LogP contribution in [0.2, 0.25) is 0 Å². The minimum absolute atomic E-state index is 0.0256. The van der Waals surface area contributed by atoms with Crippen molar-refractivity contribution >= 4 is 29.1 Å². The molecule has 1 aliphatic rings. The summed E-state index contributed by atoms with van der Waals surface area (Å²) in [6.07, 6.45) is 4.08. The van der Waals surface area contributed by atoms with E-state index in [4.69, 9.17) is 10.5 Å². The lowest BCUT2D eigenvalue weighted by Gasteiger charge is -2.34. The Kier molecular flexibility index (Phi) is 8.00. The van der Waals surface area contributed by atoms with E-state index < -0.39 is 29.0 Å². The zero-order valence-electron chi connectivity index (χ0n) is 19.7. The van der Waals surface area contributed by atoms with Gasteiger partial charge in [-0.05, 0) is 56.2 Å². The number of anilines is 1. The van der Waals surface area contributed by atoms with Crippen molar-refractivity contribution in [3.63, 3.8) is 0 Å². The largest absolute Gasteiger partial charge is 0.493 e. The van der Waals surface area contributed by atoms with Gasteiger partial charge in [0.05, 0.1) is 23.2 Å². The molecule has 9 nitrogen and oxygen atoms in total. The molecule has 0 heterocycles. The van der Waals surface area contributed by atoms with Crippen LogP contribution in [-0.2, 0) is 19.2 Å². The zero-order valence-corrected chi connectivity index (χ0v) is 21.4. The summed E-state index contributed by atoms with van der Waals surface area (Å²) in [4.78, 5) is -0.0256. The van der Waals surface area contributed by atoms with E-state index in [0.717, 1.165) is 15.5 Å². The van der Waals surface area contributed by atoms with Crippen LogP contribution < -0.4 is 14.8 Å². The van der Waals surface area contributed by atoms with Crippen LogP contribution in [0, 0.1) is 0 Å². The summed E-state index contributed by atoms with van der Waals surface area (Å²) < 4.78 is 58.0. The van der Waals surface area contributed by atoms with Crippen molar-refractivity contribution in [1.82, 2.24) is 0 Å². The van der Waals surface area contributed by atoms with Crippen molar-refractivity contribution < 1.29 is 27.5 Å². The molecular formula is C24H28N3O6PS. The molecule has 3 N–H and O–H groups in total. The third-order valence-electron chi connectivity index (χ3n) is 5.71. The van der Waals surface area contributed by atoms with Gasteiger partial charge in [-0.1, -0.05) is 41.6 Å². The van der Waals surface area contributed by atoms with Crippen molar-refractivity contribution in [3.8, 4) is 5.75 Å². The first-order chi connectivity index (χ1) is 16.5. The normalized spacial score (nSPS) is 17.5. The first kappa shape index (κ1) is 26.4. The molecule has 35 heavy (non-hydrogen) atoms.